The number of rotatable bonds is 4. The summed E-state index contributed by atoms with van der Waals surface area (Å²) in [6.07, 6.45) is 0.0387. The Labute approximate surface area is 212 Å². The van der Waals surface area contributed by atoms with E-state index in [-0.39, 0.29) is 11.7 Å². The zero-order valence-electron chi connectivity index (χ0n) is 19.9. The number of hydrogen-bond donors (Lipinski definition) is 1. The lowest BCUT2D eigenvalue weighted by Crippen LogP contribution is -2.40. The molecule has 0 aliphatic carbocycles. The Balaban J connectivity index is 1.31. The molecule has 0 unspecified atom stereocenters. The maximum Gasteiger partial charge on any atom is 0.339 e. The molecule has 2 aliphatic heterocycles. The second-order valence-corrected chi connectivity index (χ2v) is 9.04. The van der Waals surface area contributed by atoms with Crippen LogP contribution in [-0.2, 0) is 15.9 Å². The first-order chi connectivity index (χ1) is 18.1. The summed E-state index contributed by atoms with van der Waals surface area (Å²) in [4.78, 5) is 41.0. The number of amides is 2. The van der Waals surface area contributed by atoms with Crippen LogP contribution in [0.5, 0.6) is 0 Å². The maximum absolute atomic E-state index is 13.4. The van der Waals surface area contributed by atoms with Crippen LogP contribution < -0.4 is 5.32 Å². The lowest BCUT2D eigenvalue weighted by atomic mass is 9.93. The topological polar surface area (TPSA) is 98.1 Å². The number of carbonyl (C=O) groups excluding carboxylic acids is 3. The molecule has 0 saturated carbocycles. The van der Waals surface area contributed by atoms with Crippen LogP contribution >= 0.6 is 0 Å². The molecule has 4 aromatic rings. The largest absolute Gasteiger partial charge is 0.454 e. The van der Waals surface area contributed by atoms with Crippen molar-refractivity contribution in [1.82, 2.24) is 4.90 Å². The number of cyclic esters (lactones) is 1. The minimum atomic E-state index is -0.421. The number of anilines is 1. The molecule has 0 spiro atoms. The normalized spacial score (nSPS) is 17.2. The third-order valence-electron chi connectivity index (χ3n) is 6.74. The van der Waals surface area contributed by atoms with E-state index in [1.807, 2.05) is 42.5 Å². The predicted octanol–water partition coefficient (Wildman–Crippen LogP) is 4.61. The van der Waals surface area contributed by atoms with Gasteiger partial charge in [-0.1, -0.05) is 42.5 Å². The van der Waals surface area contributed by atoms with Gasteiger partial charge in [0.05, 0.1) is 18.8 Å². The van der Waals surface area contributed by atoms with Crippen LogP contribution in [0.3, 0.4) is 0 Å². The van der Waals surface area contributed by atoms with Gasteiger partial charge in [0.15, 0.2) is 0 Å². The molecule has 2 amide bonds. The smallest absolute Gasteiger partial charge is 0.339 e. The first kappa shape index (κ1) is 23.0. The van der Waals surface area contributed by atoms with Gasteiger partial charge in [-0.05, 0) is 41.5 Å². The molecule has 8 nitrogen and oxygen atoms in total. The van der Waals surface area contributed by atoms with Crippen LogP contribution in [0.4, 0.5) is 5.69 Å². The Kier molecular flexibility index (Phi) is 5.94. The summed E-state index contributed by atoms with van der Waals surface area (Å²) in [5.41, 5.74) is 3.28. The van der Waals surface area contributed by atoms with Crippen LogP contribution in [0.2, 0.25) is 0 Å². The summed E-state index contributed by atoms with van der Waals surface area (Å²) in [5, 5.41) is 3.54. The zero-order valence-corrected chi connectivity index (χ0v) is 19.9. The Morgan fingerprint density at radius 3 is 2.49 bits per heavy atom. The number of morpholine rings is 1. The number of furan rings is 1. The third-order valence-corrected chi connectivity index (χ3v) is 6.74. The highest BCUT2D eigenvalue weighted by atomic mass is 16.5. The molecule has 1 aromatic heterocycles. The monoisotopic (exact) mass is 496 g/mol. The first-order valence-electron chi connectivity index (χ1n) is 12.2. The van der Waals surface area contributed by atoms with Crippen molar-refractivity contribution in [2.45, 2.75) is 12.5 Å². The van der Waals surface area contributed by atoms with E-state index in [1.165, 1.54) is 0 Å². The van der Waals surface area contributed by atoms with Gasteiger partial charge in [0, 0.05) is 30.5 Å². The fraction of sp³-hybridized carbons (Fsp3) is 0.207. The quantitative estimate of drug-likeness (QED) is 0.415. The van der Waals surface area contributed by atoms with Gasteiger partial charge >= 0.3 is 5.97 Å². The number of benzene rings is 3. The first-order valence-corrected chi connectivity index (χ1v) is 12.2. The van der Waals surface area contributed by atoms with Gasteiger partial charge in [-0.25, -0.2) is 4.79 Å². The van der Waals surface area contributed by atoms with Crippen LogP contribution in [0.15, 0.2) is 77.2 Å². The van der Waals surface area contributed by atoms with Crippen molar-refractivity contribution in [3.8, 4) is 0 Å². The fourth-order valence-corrected chi connectivity index (χ4v) is 4.81. The summed E-state index contributed by atoms with van der Waals surface area (Å²) in [6, 6.07) is 21.6. The standard InChI is InChI=1S/C29H24N2O6/c32-27(19-10-11-21-20(16-19)17-24(37-29(21)34)18-6-2-1-3-7-18)30-25-22-8-4-5-9-23(22)36-26(25)28(33)31-12-14-35-15-13-31/h1-11,16,24H,12-15,17H2,(H,30,32)/t24-/m0/s1. The van der Waals surface area contributed by atoms with E-state index >= 15 is 0 Å². The third kappa shape index (κ3) is 4.36. The number of ether oxygens (including phenoxy) is 2. The molecule has 3 aromatic carbocycles. The fourth-order valence-electron chi connectivity index (χ4n) is 4.81. The molecule has 6 rings (SSSR count). The van der Waals surface area contributed by atoms with E-state index in [0.717, 1.165) is 11.1 Å². The second kappa shape index (κ2) is 9.55. The average molecular weight is 497 g/mol. The molecule has 1 saturated heterocycles. The van der Waals surface area contributed by atoms with Gasteiger partial charge in [0.25, 0.3) is 11.8 Å². The minimum Gasteiger partial charge on any atom is -0.454 e. The summed E-state index contributed by atoms with van der Waals surface area (Å²) in [5.74, 6) is -1.03. The van der Waals surface area contributed by atoms with Crippen LogP contribution in [0.1, 0.15) is 48.5 Å². The van der Waals surface area contributed by atoms with E-state index in [9.17, 15) is 14.4 Å². The number of para-hydroxylation sites is 1. The Bertz CT molecular complexity index is 1500. The van der Waals surface area contributed by atoms with E-state index in [0.29, 0.717) is 60.5 Å². The van der Waals surface area contributed by atoms with Crippen molar-refractivity contribution in [2.75, 3.05) is 31.6 Å². The van der Waals surface area contributed by atoms with Gasteiger partial charge < -0.3 is 24.1 Å². The summed E-state index contributed by atoms with van der Waals surface area (Å²) < 4.78 is 16.9. The van der Waals surface area contributed by atoms with Gasteiger partial charge in [-0.3, -0.25) is 9.59 Å². The predicted molar refractivity (Wildman–Crippen MR) is 136 cm³/mol. The Morgan fingerprint density at radius 1 is 0.919 bits per heavy atom. The van der Waals surface area contributed by atoms with Gasteiger partial charge in [-0.2, -0.15) is 0 Å². The molecule has 0 radical (unpaired) electrons. The van der Waals surface area contributed by atoms with Crippen molar-refractivity contribution < 1.29 is 28.3 Å². The average Bonchev–Trinajstić information content (AvgIpc) is 3.31. The molecule has 1 atom stereocenters. The number of nitrogens with one attached hydrogen (secondary N) is 1. The molecule has 1 fully saturated rings. The minimum absolute atomic E-state index is 0.0853. The Hall–Kier alpha value is -4.43. The van der Waals surface area contributed by atoms with Crippen molar-refractivity contribution in [1.29, 1.82) is 0 Å². The molecule has 37 heavy (non-hydrogen) atoms. The van der Waals surface area contributed by atoms with Gasteiger partial charge in [0.1, 0.15) is 17.4 Å². The molecule has 8 heteroatoms. The van der Waals surface area contributed by atoms with E-state index < -0.39 is 18.0 Å². The molecule has 2 aliphatic rings. The molecule has 0 bridgehead atoms. The summed E-state index contributed by atoms with van der Waals surface area (Å²) >= 11 is 0. The van der Waals surface area contributed by atoms with Crippen molar-refractivity contribution in [3.63, 3.8) is 0 Å². The summed E-state index contributed by atoms with van der Waals surface area (Å²) in [6.45, 7) is 1.81. The lowest BCUT2D eigenvalue weighted by molar-refractivity contribution is 0.0252. The number of nitrogens with zero attached hydrogens (tertiary/aromatic N) is 1. The van der Waals surface area contributed by atoms with Crippen LogP contribution in [-0.4, -0.2) is 49.0 Å². The maximum atomic E-state index is 13.4. The number of fused-ring (bicyclic) bond motifs is 2. The number of carbonyl (C=O) groups is 3. The molecule has 186 valence electrons. The molecular formula is C29H24N2O6. The Morgan fingerprint density at radius 2 is 1.68 bits per heavy atom. The SMILES string of the molecule is O=C(Nc1c(C(=O)N2CCOCC2)oc2ccccc12)c1ccc2c(c1)C[C@@H](c1ccccc1)OC2=O. The van der Waals surface area contributed by atoms with E-state index in [2.05, 4.69) is 5.32 Å². The van der Waals surface area contributed by atoms with E-state index in [1.54, 1.807) is 35.2 Å². The molecular weight excluding hydrogens is 472 g/mol. The highest BCUT2D eigenvalue weighted by molar-refractivity contribution is 6.14. The lowest BCUT2D eigenvalue weighted by Gasteiger charge is -2.26. The molecule has 1 N–H and O–H groups in total. The van der Waals surface area contributed by atoms with Crippen LogP contribution in [0, 0.1) is 0 Å². The van der Waals surface area contributed by atoms with Gasteiger partial charge in [0.2, 0.25) is 5.76 Å². The van der Waals surface area contributed by atoms with Gasteiger partial charge in [-0.15, -0.1) is 0 Å². The zero-order chi connectivity index (χ0) is 25.4. The van der Waals surface area contributed by atoms with Crippen molar-refractivity contribution >= 4 is 34.4 Å². The van der Waals surface area contributed by atoms with Crippen LogP contribution in [0.25, 0.3) is 11.0 Å². The number of hydrogen-bond acceptors (Lipinski definition) is 6. The van der Waals surface area contributed by atoms with E-state index in [4.69, 9.17) is 13.9 Å². The van der Waals surface area contributed by atoms with Crippen molar-refractivity contribution in [3.05, 3.63) is 101 Å². The number of esters is 1. The highest BCUT2D eigenvalue weighted by Crippen LogP contribution is 2.34. The second-order valence-electron chi connectivity index (χ2n) is 9.04. The van der Waals surface area contributed by atoms with Crippen molar-refractivity contribution in [2.24, 2.45) is 0 Å². The molecule has 3 heterocycles. The highest BCUT2D eigenvalue weighted by Gasteiger charge is 2.30. The summed E-state index contributed by atoms with van der Waals surface area (Å²) in [7, 11) is 0.